The normalized spacial score (nSPS) is 19.8. The van der Waals surface area contributed by atoms with Gasteiger partial charge in [-0.3, -0.25) is 14.5 Å². The quantitative estimate of drug-likeness (QED) is 0.840. The van der Waals surface area contributed by atoms with Gasteiger partial charge in [0.05, 0.1) is 19.0 Å². The molecule has 4 rings (SSSR count). The third kappa shape index (κ3) is 4.00. The number of nitrogens with one attached hydrogen (secondary N) is 1. The zero-order chi connectivity index (χ0) is 20.5. The summed E-state index contributed by atoms with van der Waals surface area (Å²) in [6.07, 6.45) is 0.565. The van der Waals surface area contributed by atoms with Gasteiger partial charge in [0.25, 0.3) is 0 Å². The average molecular weight is 404 g/mol. The summed E-state index contributed by atoms with van der Waals surface area (Å²) in [7, 11) is 0. The molecule has 3 heterocycles. The van der Waals surface area contributed by atoms with Crippen LogP contribution in [0.1, 0.15) is 24.8 Å². The summed E-state index contributed by atoms with van der Waals surface area (Å²) in [6.45, 7) is 4.67. The molecule has 0 spiro atoms. The van der Waals surface area contributed by atoms with E-state index in [1.54, 1.807) is 4.90 Å². The number of hydrogen-bond acceptors (Lipinski definition) is 5. The standard InChI is InChI=1S/C20H22F2N4O3/c1-2-25-6-4-23-19(28)16(25)10-18(27)26-5-3-17-15(11-26)24-20(29-17)12-7-13(21)9-14(22)8-12/h7-9,16H,2-6,10-11H2,1H3,(H,23,28). The van der Waals surface area contributed by atoms with E-state index in [1.165, 1.54) is 0 Å². The minimum atomic E-state index is -0.709. The molecule has 0 saturated carbocycles. The van der Waals surface area contributed by atoms with E-state index in [0.29, 0.717) is 37.5 Å². The maximum atomic E-state index is 13.5. The van der Waals surface area contributed by atoms with E-state index in [2.05, 4.69) is 10.3 Å². The summed E-state index contributed by atoms with van der Waals surface area (Å²) in [5.74, 6) is -0.928. The number of benzene rings is 1. The molecule has 7 nitrogen and oxygen atoms in total. The third-order valence-electron chi connectivity index (χ3n) is 5.41. The van der Waals surface area contributed by atoms with Gasteiger partial charge in [-0.25, -0.2) is 13.8 Å². The topological polar surface area (TPSA) is 78.7 Å². The van der Waals surface area contributed by atoms with E-state index in [0.717, 1.165) is 24.7 Å². The first kappa shape index (κ1) is 19.5. The summed E-state index contributed by atoms with van der Waals surface area (Å²) in [5, 5.41) is 2.81. The van der Waals surface area contributed by atoms with Gasteiger partial charge in [-0.15, -0.1) is 0 Å². The van der Waals surface area contributed by atoms with E-state index in [-0.39, 0.29) is 36.2 Å². The largest absolute Gasteiger partial charge is 0.441 e. The molecule has 0 bridgehead atoms. The number of fused-ring (bicyclic) bond motifs is 1. The van der Waals surface area contributed by atoms with Crippen LogP contribution in [-0.4, -0.2) is 58.8 Å². The second-order valence-electron chi connectivity index (χ2n) is 7.25. The second-order valence-corrected chi connectivity index (χ2v) is 7.25. The summed E-state index contributed by atoms with van der Waals surface area (Å²) in [4.78, 5) is 33.0. The van der Waals surface area contributed by atoms with Gasteiger partial charge in [0.1, 0.15) is 23.1 Å². The first-order valence-corrected chi connectivity index (χ1v) is 9.69. The molecule has 1 atom stereocenters. The Morgan fingerprint density at radius 2 is 2.03 bits per heavy atom. The molecular weight excluding hydrogens is 382 g/mol. The number of oxazole rings is 1. The van der Waals surface area contributed by atoms with Gasteiger partial charge < -0.3 is 14.6 Å². The third-order valence-corrected chi connectivity index (χ3v) is 5.41. The van der Waals surface area contributed by atoms with Crippen LogP contribution in [0.15, 0.2) is 22.6 Å². The SMILES string of the molecule is CCN1CCNC(=O)C1CC(=O)N1CCc2oc(-c3cc(F)cc(F)c3)nc2C1. The van der Waals surface area contributed by atoms with E-state index in [9.17, 15) is 18.4 Å². The summed E-state index contributed by atoms with van der Waals surface area (Å²) < 4.78 is 32.6. The van der Waals surface area contributed by atoms with Crippen LogP contribution in [0.5, 0.6) is 0 Å². The molecule has 154 valence electrons. The Kier molecular flexibility index (Phi) is 5.31. The van der Waals surface area contributed by atoms with Gasteiger partial charge in [-0.2, -0.15) is 0 Å². The Labute approximate surface area is 166 Å². The van der Waals surface area contributed by atoms with Crippen LogP contribution in [0.4, 0.5) is 8.78 Å². The van der Waals surface area contributed by atoms with Crippen molar-refractivity contribution in [1.29, 1.82) is 0 Å². The number of amides is 2. The monoisotopic (exact) mass is 404 g/mol. The lowest BCUT2D eigenvalue weighted by molar-refractivity contribution is -0.139. The van der Waals surface area contributed by atoms with Crippen molar-refractivity contribution in [2.75, 3.05) is 26.2 Å². The molecular formula is C20H22F2N4O3. The highest BCUT2D eigenvalue weighted by Gasteiger charge is 2.33. The van der Waals surface area contributed by atoms with E-state index >= 15 is 0 Å². The van der Waals surface area contributed by atoms with Gasteiger partial charge in [0.15, 0.2) is 0 Å². The fourth-order valence-corrected chi connectivity index (χ4v) is 3.87. The summed E-state index contributed by atoms with van der Waals surface area (Å²) in [6, 6.07) is 2.63. The summed E-state index contributed by atoms with van der Waals surface area (Å²) in [5.41, 5.74) is 0.789. The highest BCUT2D eigenvalue weighted by molar-refractivity contribution is 5.89. The maximum absolute atomic E-state index is 13.5. The fraction of sp³-hybridized carbons (Fsp3) is 0.450. The Bertz CT molecular complexity index is 926. The number of halogens is 2. The van der Waals surface area contributed by atoms with Gasteiger partial charge in [0, 0.05) is 37.7 Å². The first-order chi connectivity index (χ1) is 13.9. The van der Waals surface area contributed by atoms with Gasteiger partial charge in [-0.1, -0.05) is 6.92 Å². The lowest BCUT2D eigenvalue weighted by Gasteiger charge is -2.35. The minimum absolute atomic E-state index is 0.106. The average Bonchev–Trinajstić information content (AvgIpc) is 3.12. The van der Waals surface area contributed by atoms with Crippen molar-refractivity contribution in [1.82, 2.24) is 20.1 Å². The number of likely N-dealkylation sites (N-methyl/N-ethyl adjacent to an activating group) is 1. The Hall–Kier alpha value is -2.81. The molecule has 1 aromatic carbocycles. The highest BCUT2D eigenvalue weighted by atomic mass is 19.1. The van der Waals surface area contributed by atoms with Gasteiger partial charge in [0.2, 0.25) is 17.7 Å². The Morgan fingerprint density at radius 3 is 2.76 bits per heavy atom. The number of hydrogen-bond donors (Lipinski definition) is 1. The molecule has 2 aliphatic rings. The smallest absolute Gasteiger partial charge is 0.237 e. The zero-order valence-corrected chi connectivity index (χ0v) is 16.1. The highest BCUT2D eigenvalue weighted by Crippen LogP contribution is 2.27. The first-order valence-electron chi connectivity index (χ1n) is 9.69. The van der Waals surface area contributed by atoms with Crippen LogP contribution >= 0.6 is 0 Å². The lowest BCUT2D eigenvalue weighted by atomic mass is 10.1. The van der Waals surface area contributed by atoms with Crippen LogP contribution in [0.25, 0.3) is 11.5 Å². The van der Waals surface area contributed by atoms with E-state index < -0.39 is 17.7 Å². The molecule has 0 aliphatic carbocycles. The predicted octanol–water partition coefficient (Wildman–Crippen LogP) is 1.71. The predicted molar refractivity (Wildman–Crippen MR) is 99.6 cm³/mol. The van der Waals surface area contributed by atoms with E-state index in [1.807, 2.05) is 11.8 Å². The molecule has 2 aromatic rings. The van der Waals surface area contributed by atoms with Crippen molar-refractivity contribution in [3.63, 3.8) is 0 Å². The van der Waals surface area contributed by atoms with Crippen LogP contribution < -0.4 is 5.32 Å². The van der Waals surface area contributed by atoms with Crippen LogP contribution in [-0.2, 0) is 22.6 Å². The van der Waals surface area contributed by atoms with Crippen molar-refractivity contribution in [2.45, 2.75) is 32.4 Å². The lowest BCUT2D eigenvalue weighted by Crippen LogP contribution is -2.56. The number of aromatic nitrogens is 1. The molecule has 2 aliphatic heterocycles. The van der Waals surface area contributed by atoms with Crippen molar-refractivity contribution in [3.8, 4) is 11.5 Å². The molecule has 1 saturated heterocycles. The fourth-order valence-electron chi connectivity index (χ4n) is 3.87. The minimum Gasteiger partial charge on any atom is -0.441 e. The number of piperazine rings is 1. The molecule has 1 N–H and O–H groups in total. The van der Waals surface area contributed by atoms with Crippen molar-refractivity contribution < 1.29 is 22.8 Å². The van der Waals surface area contributed by atoms with Crippen LogP contribution in [0, 0.1) is 11.6 Å². The van der Waals surface area contributed by atoms with Crippen molar-refractivity contribution in [3.05, 3.63) is 41.3 Å². The number of carbonyl (C=O) groups excluding carboxylic acids is 2. The molecule has 1 unspecified atom stereocenters. The van der Waals surface area contributed by atoms with Crippen LogP contribution in [0.2, 0.25) is 0 Å². The Balaban J connectivity index is 1.48. The molecule has 1 aromatic heterocycles. The molecule has 2 amide bonds. The Morgan fingerprint density at radius 1 is 1.28 bits per heavy atom. The number of nitrogens with zero attached hydrogens (tertiary/aromatic N) is 3. The number of carbonyl (C=O) groups is 2. The molecule has 1 fully saturated rings. The van der Waals surface area contributed by atoms with Crippen molar-refractivity contribution >= 4 is 11.8 Å². The zero-order valence-electron chi connectivity index (χ0n) is 16.1. The maximum Gasteiger partial charge on any atom is 0.237 e. The molecule has 0 radical (unpaired) electrons. The van der Waals surface area contributed by atoms with E-state index in [4.69, 9.17) is 4.42 Å². The van der Waals surface area contributed by atoms with Crippen molar-refractivity contribution in [2.24, 2.45) is 0 Å². The molecule has 29 heavy (non-hydrogen) atoms. The number of rotatable bonds is 4. The van der Waals surface area contributed by atoms with Gasteiger partial charge in [-0.05, 0) is 18.7 Å². The second kappa shape index (κ2) is 7.90. The summed E-state index contributed by atoms with van der Waals surface area (Å²) >= 11 is 0. The van der Waals surface area contributed by atoms with Crippen LogP contribution in [0.3, 0.4) is 0 Å². The van der Waals surface area contributed by atoms with Gasteiger partial charge >= 0.3 is 0 Å². The molecule has 9 heteroatoms.